The van der Waals surface area contributed by atoms with E-state index in [0.717, 1.165) is 10.9 Å². The van der Waals surface area contributed by atoms with Crippen molar-refractivity contribution in [3.05, 3.63) is 34.9 Å². The van der Waals surface area contributed by atoms with E-state index in [1.54, 1.807) is 0 Å². The highest BCUT2D eigenvalue weighted by Crippen LogP contribution is 2.29. The standard InChI is InChI=1S/C15H22ClN/c1-11(13-6-3-4-7-13)17-12(2)14-8-5-9-15(16)10-14/h5,8-13,17H,3-4,6-7H2,1-2H3/t11?,12-/m1/s1. The van der Waals surface area contributed by atoms with Crippen LogP contribution in [0.15, 0.2) is 24.3 Å². The van der Waals surface area contributed by atoms with E-state index in [4.69, 9.17) is 11.6 Å². The highest BCUT2D eigenvalue weighted by molar-refractivity contribution is 6.30. The van der Waals surface area contributed by atoms with Crippen LogP contribution in [0.3, 0.4) is 0 Å². The van der Waals surface area contributed by atoms with Crippen molar-refractivity contribution in [2.24, 2.45) is 5.92 Å². The molecule has 0 saturated heterocycles. The van der Waals surface area contributed by atoms with E-state index < -0.39 is 0 Å². The van der Waals surface area contributed by atoms with Gasteiger partial charge in [0, 0.05) is 17.1 Å². The Labute approximate surface area is 110 Å². The van der Waals surface area contributed by atoms with Gasteiger partial charge in [-0.15, -0.1) is 0 Å². The monoisotopic (exact) mass is 251 g/mol. The summed E-state index contributed by atoms with van der Waals surface area (Å²) in [7, 11) is 0. The molecule has 94 valence electrons. The zero-order valence-corrected chi connectivity index (χ0v) is 11.5. The molecule has 1 N–H and O–H groups in total. The largest absolute Gasteiger partial charge is 0.307 e. The highest BCUT2D eigenvalue weighted by atomic mass is 35.5. The molecule has 0 aliphatic heterocycles. The Morgan fingerprint density at radius 3 is 2.59 bits per heavy atom. The molecule has 2 atom stereocenters. The maximum absolute atomic E-state index is 6.02. The van der Waals surface area contributed by atoms with Gasteiger partial charge in [0.2, 0.25) is 0 Å². The molecule has 0 bridgehead atoms. The fourth-order valence-corrected chi connectivity index (χ4v) is 3.06. The average Bonchev–Trinajstić information content (AvgIpc) is 2.82. The molecule has 2 rings (SSSR count). The molecule has 1 aliphatic rings. The molecular weight excluding hydrogens is 230 g/mol. The molecule has 0 radical (unpaired) electrons. The Morgan fingerprint density at radius 2 is 1.94 bits per heavy atom. The van der Waals surface area contributed by atoms with Crippen LogP contribution in [0, 0.1) is 5.92 Å². The van der Waals surface area contributed by atoms with Crippen molar-refractivity contribution in [3.8, 4) is 0 Å². The van der Waals surface area contributed by atoms with Gasteiger partial charge in [0.1, 0.15) is 0 Å². The molecule has 0 heterocycles. The zero-order chi connectivity index (χ0) is 12.3. The second kappa shape index (κ2) is 5.88. The summed E-state index contributed by atoms with van der Waals surface area (Å²) in [6.45, 7) is 4.54. The molecular formula is C15H22ClN. The first-order valence-electron chi connectivity index (χ1n) is 6.68. The van der Waals surface area contributed by atoms with Crippen molar-refractivity contribution in [3.63, 3.8) is 0 Å². The molecule has 1 unspecified atom stereocenters. The summed E-state index contributed by atoms with van der Waals surface area (Å²) < 4.78 is 0. The van der Waals surface area contributed by atoms with Gasteiger partial charge in [-0.25, -0.2) is 0 Å². The number of halogens is 1. The Kier molecular flexibility index (Phi) is 4.47. The maximum atomic E-state index is 6.02. The molecule has 0 spiro atoms. The predicted molar refractivity (Wildman–Crippen MR) is 74.4 cm³/mol. The third-order valence-corrected chi connectivity index (χ3v) is 4.20. The van der Waals surface area contributed by atoms with Crippen molar-refractivity contribution in [2.75, 3.05) is 0 Å². The Bertz CT molecular complexity index is 358. The SMILES string of the molecule is CC(N[C@H](C)c1cccc(Cl)c1)C1CCCC1. The number of hydrogen-bond acceptors (Lipinski definition) is 1. The topological polar surface area (TPSA) is 12.0 Å². The first-order valence-corrected chi connectivity index (χ1v) is 7.06. The summed E-state index contributed by atoms with van der Waals surface area (Å²) in [6.07, 6.45) is 5.58. The highest BCUT2D eigenvalue weighted by Gasteiger charge is 2.22. The van der Waals surface area contributed by atoms with Crippen LogP contribution in [0.2, 0.25) is 5.02 Å². The summed E-state index contributed by atoms with van der Waals surface area (Å²) in [6, 6.07) is 9.13. The predicted octanol–water partition coefficient (Wildman–Crippen LogP) is 4.57. The van der Waals surface area contributed by atoms with Gasteiger partial charge in [0.15, 0.2) is 0 Å². The zero-order valence-electron chi connectivity index (χ0n) is 10.7. The Balaban J connectivity index is 1.93. The van der Waals surface area contributed by atoms with E-state index in [2.05, 4.69) is 31.3 Å². The lowest BCUT2D eigenvalue weighted by molar-refractivity contribution is 0.352. The summed E-state index contributed by atoms with van der Waals surface area (Å²) in [5, 5.41) is 4.53. The number of rotatable bonds is 4. The first-order chi connectivity index (χ1) is 8.16. The minimum absolute atomic E-state index is 0.379. The second-order valence-corrected chi connectivity index (χ2v) is 5.71. The van der Waals surface area contributed by atoms with Crippen LogP contribution in [-0.4, -0.2) is 6.04 Å². The molecule has 0 amide bonds. The Morgan fingerprint density at radius 1 is 1.24 bits per heavy atom. The molecule has 1 aromatic rings. The number of benzene rings is 1. The van der Waals surface area contributed by atoms with Gasteiger partial charge >= 0.3 is 0 Å². The van der Waals surface area contributed by atoms with Crippen molar-refractivity contribution in [1.29, 1.82) is 0 Å². The van der Waals surface area contributed by atoms with Gasteiger partial charge in [0.25, 0.3) is 0 Å². The van der Waals surface area contributed by atoms with Crippen LogP contribution in [0.5, 0.6) is 0 Å². The van der Waals surface area contributed by atoms with Crippen LogP contribution < -0.4 is 5.32 Å². The molecule has 1 aromatic carbocycles. The lowest BCUT2D eigenvalue weighted by Crippen LogP contribution is -2.34. The lowest BCUT2D eigenvalue weighted by Gasteiger charge is -2.25. The maximum Gasteiger partial charge on any atom is 0.0409 e. The third-order valence-electron chi connectivity index (χ3n) is 3.97. The van der Waals surface area contributed by atoms with Gasteiger partial charge < -0.3 is 5.32 Å². The van der Waals surface area contributed by atoms with E-state index in [9.17, 15) is 0 Å². The second-order valence-electron chi connectivity index (χ2n) is 5.28. The van der Waals surface area contributed by atoms with Crippen LogP contribution >= 0.6 is 11.6 Å². The average molecular weight is 252 g/mol. The van der Waals surface area contributed by atoms with Crippen LogP contribution in [0.25, 0.3) is 0 Å². The fourth-order valence-electron chi connectivity index (χ4n) is 2.86. The van der Waals surface area contributed by atoms with Crippen LogP contribution in [0.1, 0.15) is 51.1 Å². The summed E-state index contributed by atoms with van der Waals surface area (Å²) in [4.78, 5) is 0. The quantitative estimate of drug-likeness (QED) is 0.827. The molecule has 2 heteroatoms. The van der Waals surface area contributed by atoms with E-state index in [0.29, 0.717) is 12.1 Å². The van der Waals surface area contributed by atoms with Crippen LogP contribution in [-0.2, 0) is 0 Å². The number of nitrogens with one attached hydrogen (secondary N) is 1. The molecule has 1 fully saturated rings. The van der Waals surface area contributed by atoms with Gasteiger partial charge in [-0.2, -0.15) is 0 Å². The van der Waals surface area contributed by atoms with Gasteiger partial charge in [-0.3, -0.25) is 0 Å². The minimum atomic E-state index is 0.379. The molecule has 17 heavy (non-hydrogen) atoms. The number of hydrogen-bond donors (Lipinski definition) is 1. The first kappa shape index (κ1) is 12.9. The van der Waals surface area contributed by atoms with Crippen molar-refractivity contribution in [2.45, 2.75) is 51.6 Å². The van der Waals surface area contributed by atoms with Crippen molar-refractivity contribution in [1.82, 2.24) is 5.32 Å². The van der Waals surface area contributed by atoms with Crippen molar-refractivity contribution >= 4 is 11.6 Å². The molecule has 1 nitrogen and oxygen atoms in total. The summed E-state index contributed by atoms with van der Waals surface area (Å²) >= 11 is 6.02. The summed E-state index contributed by atoms with van der Waals surface area (Å²) in [5.41, 5.74) is 1.28. The fraction of sp³-hybridized carbons (Fsp3) is 0.600. The van der Waals surface area contributed by atoms with Gasteiger partial charge in [0.05, 0.1) is 0 Å². The van der Waals surface area contributed by atoms with Crippen LogP contribution in [0.4, 0.5) is 0 Å². The van der Waals surface area contributed by atoms with E-state index in [1.165, 1.54) is 31.2 Å². The lowest BCUT2D eigenvalue weighted by atomic mass is 9.98. The summed E-state index contributed by atoms with van der Waals surface area (Å²) in [5.74, 6) is 0.858. The molecule has 1 aliphatic carbocycles. The normalized spacial score (nSPS) is 20.4. The minimum Gasteiger partial charge on any atom is -0.307 e. The molecule has 1 saturated carbocycles. The van der Waals surface area contributed by atoms with E-state index in [1.807, 2.05) is 12.1 Å². The van der Waals surface area contributed by atoms with Gasteiger partial charge in [-0.05, 0) is 50.3 Å². The van der Waals surface area contributed by atoms with Gasteiger partial charge in [-0.1, -0.05) is 36.6 Å². The smallest absolute Gasteiger partial charge is 0.0409 e. The van der Waals surface area contributed by atoms with Crippen molar-refractivity contribution < 1.29 is 0 Å². The van der Waals surface area contributed by atoms with E-state index >= 15 is 0 Å². The third kappa shape index (κ3) is 3.46. The molecule has 0 aromatic heterocycles. The Hall–Kier alpha value is -0.530. The van der Waals surface area contributed by atoms with E-state index in [-0.39, 0.29) is 0 Å².